The van der Waals surface area contributed by atoms with E-state index >= 15 is 0 Å². The van der Waals surface area contributed by atoms with Crippen LogP contribution in [0, 0.1) is 11.8 Å². The number of aliphatic imine (C=N–C) groups is 1. The number of nitrogens with zero attached hydrogens (tertiary/aromatic N) is 2. The molecule has 8 heteroatoms. The molecule has 0 bridgehead atoms. The van der Waals surface area contributed by atoms with Crippen LogP contribution in [0.1, 0.15) is 44.2 Å². The summed E-state index contributed by atoms with van der Waals surface area (Å²) in [7, 11) is 3.94. The van der Waals surface area contributed by atoms with E-state index in [-0.39, 0.29) is 24.0 Å². The van der Waals surface area contributed by atoms with E-state index in [1.165, 1.54) is 18.4 Å². The average molecular weight is 575 g/mol. The lowest BCUT2D eigenvalue weighted by atomic mass is 9.85. The van der Waals surface area contributed by atoms with Crippen molar-refractivity contribution in [3.05, 3.63) is 29.8 Å². The molecule has 1 aromatic carbocycles. The van der Waals surface area contributed by atoms with Crippen LogP contribution >= 0.6 is 24.0 Å². The summed E-state index contributed by atoms with van der Waals surface area (Å²) < 4.78 is 16.5. The van der Waals surface area contributed by atoms with Crippen LogP contribution in [0.25, 0.3) is 0 Å². The van der Waals surface area contributed by atoms with Gasteiger partial charge in [-0.2, -0.15) is 0 Å². The minimum absolute atomic E-state index is 0. The molecule has 0 aliphatic carbocycles. The Hall–Kier alpha value is -1.10. The average Bonchev–Trinajstić information content (AvgIpc) is 3.33. The van der Waals surface area contributed by atoms with Gasteiger partial charge in [0.05, 0.1) is 20.3 Å². The van der Waals surface area contributed by atoms with Gasteiger partial charge in [0.2, 0.25) is 0 Å². The molecule has 2 fully saturated rings. The Morgan fingerprint density at radius 1 is 1.21 bits per heavy atom. The van der Waals surface area contributed by atoms with Gasteiger partial charge in [0, 0.05) is 44.8 Å². The van der Waals surface area contributed by atoms with E-state index in [1.807, 2.05) is 0 Å². The Balaban J connectivity index is 0.00000385. The molecule has 0 saturated carbocycles. The lowest BCUT2D eigenvalue weighted by molar-refractivity contribution is 0.0888. The van der Waals surface area contributed by atoms with Gasteiger partial charge < -0.3 is 24.8 Å². The van der Waals surface area contributed by atoms with E-state index in [9.17, 15) is 0 Å². The molecule has 0 aromatic heterocycles. The molecule has 3 rings (SSSR count). The summed E-state index contributed by atoms with van der Waals surface area (Å²) in [4.78, 5) is 7.42. The molecular weight excluding hydrogens is 531 g/mol. The first kappa shape index (κ1) is 28.1. The normalized spacial score (nSPS) is 23.7. The second kappa shape index (κ2) is 15.7. The number of rotatable bonds is 11. The zero-order valence-electron chi connectivity index (χ0n) is 20.6. The van der Waals surface area contributed by atoms with E-state index < -0.39 is 0 Å². The Kier molecular flexibility index (Phi) is 13.4. The van der Waals surface area contributed by atoms with Crippen LogP contribution in [-0.2, 0) is 9.47 Å². The first-order chi connectivity index (χ1) is 15.7. The molecule has 7 nitrogen and oxygen atoms in total. The molecule has 2 saturated heterocycles. The van der Waals surface area contributed by atoms with Crippen molar-refractivity contribution in [2.45, 2.75) is 38.6 Å². The Labute approximate surface area is 217 Å². The quantitative estimate of drug-likeness (QED) is 0.182. The fourth-order valence-corrected chi connectivity index (χ4v) is 4.67. The van der Waals surface area contributed by atoms with E-state index in [0.717, 1.165) is 77.2 Å². The molecule has 188 valence electrons. The van der Waals surface area contributed by atoms with Crippen LogP contribution in [0.15, 0.2) is 29.3 Å². The minimum Gasteiger partial charge on any atom is -0.497 e. The largest absolute Gasteiger partial charge is 0.497 e. The summed E-state index contributed by atoms with van der Waals surface area (Å²) in [5.74, 6) is 2.88. The van der Waals surface area contributed by atoms with Crippen LogP contribution in [0.2, 0.25) is 0 Å². The van der Waals surface area contributed by atoms with Crippen molar-refractivity contribution in [1.82, 2.24) is 15.5 Å². The van der Waals surface area contributed by atoms with E-state index in [4.69, 9.17) is 19.2 Å². The zero-order valence-corrected chi connectivity index (χ0v) is 22.9. The topological polar surface area (TPSA) is 67.4 Å². The third kappa shape index (κ3) is 9.22. The van der Waals surface area contributed by atoms with Gasteiger partial charge in [-0.05, 0) is 69.8 Å². The number of benzene rings is 1. The van der Waals surface area contributed by atoms with Crippen molar-refractivity contribution in [2.24, 2.45) is 16.8 Å². The number of nitrogens with one attached hydrogen (secondary N) is 2. The fourth-order valence-electron chi connectivity index (χ4n) is 4.67. The van der Waals surface area contributed by atoms with Gasteiger partial charge >= 0.3 is 0 Å². The minimum atomic E-state index is 0. The van der Waals surface area contributed by atoms with Gasteiger partial charge in [-0.3, -0.25) is 9.89 Å². The Morgan fingerprint density at radius 2 is 2.03 bits per heavy atom. The van der Waals surface area contributed by atoms with E-state index in [0.29, 0.717) is 17.9 Å². The summed E-state index contributed by atoms with van der Waals surface area (Å²) in [6, 6.07) is 8.90. The van der Waals surface area contributed by atoms with Gasteiger partial charge in [0.25, 0.3) is 0 Å². The van der Waals surface area contributed by atoms with Crippen molar-refractivity contribution < 1.29 is 14.2 Å². The lowest BCUT2D eigenvalue weighted by Crippen LogP contribution is -2.40. The van der Waals surface area contributed by atoms with Gasteiger partial charge in [-0.15, -0.1) is 24.0 Å². The molecule has 33 heavy (non-hydrogen) atoms. The van der Waals surface area contributed by atoms with E-state index in [2.05, 4.69) is 53.8 Å². The maximum absolute atomic E-state index is 5.81. The van der Waals surface area contributed by atoms with Crippen LogP contribution in [0.3, 0.4) is 0 Å². The number of piperidine rings is 1. The first-order valence-corrected chi connectivity index (χ1v) is 12.2. The van der Waals surface area contributed by atoms with Crippen molar-refractivity contribution in [3.63, 3.8) is 0 Å². The number of halogens is 1. The number of hydrogen-bond donors (Lipinski definition) is 2. The molecule has 0 amide bonds. The molecule has 2 aliphatic heterocycles. The van der Waals surface area contributed by atoms with Crippen molar-refractivity contribution in [1.29, 1.82) is 0 Å². The van der Waals surface area contributed by atoms with Crippen LogP contribution in [0.4, 0.5) is 0 Å². The first-order valence-electron chi connectivity index (χ1n) is 12.2. The number of methoxy groups -OCH3 is 1. The number of likely N-dealkylation sites (tertiary alicyclic amines) is 1. The molecule has 3 unspecified atom stereocenters. The SMILES string of the molecule is CCNC(=NCC1CCCN(C)C1c1ccc(OC)cc1)NCCCOCC1CCOC1.I. The van der Waals surface area contributed by atoms with Crippen molar-refractivity contribution in [2.75, 3.05) is 66.8 Å². The number of hydrogen-bond acceptors (Lipinski definition) is 5. The third-order valence-corrected chi connectivity index (χ3v) is 6.43. The lowest BCUT2D eigenvalue weighted by Gasteiger charge is -2.39. The number of ether oxygens (including phenoxy) is 3. The Bertz CT molecular complexity index is 683. The molecule has 0 radical (unpaired) electrons. The summed E-state index contributed by atoms with van der Waals surface area (Å²) in [5.41, 5.74) is 1.34. The van der Waals surface area contributed by atoms with Crippen molar-refractivity contribution >= 4 is 29.9 Å². The van der Waals surface area contributed by atoms with Gasteiger partial charge in [0.1, 0.15) is 5.75 Å². The molecule has 0 spiro atoms. The maximum atomic E-state index is 5.81. The zero-order chi connectivity index (χ0) is 22.6. The van der Waals surface area contributed by atoms with Crippen LogP contribution < -0.4 is 15.4 Å². The Morgan fingerprint density at radius 3 is 2.73 bits per heavy atom. The van der Waals surface area contributed by atoms with Gasteiger partial charge in [0.15, 0.2) is 5.96 Å². The van der Waals surface area contributed by atoms with Gasteiger partial charge in [-0.1, -0.05) is 12.1 Å². The highest BCUT2D eigenvalue weighted by atomic mass is 127. The molecule has 2 heterocycles. The van der Waals surface area contributed by atoms with Crippen LogP contribution in [-0.4, -0.2) is 77.6 Å². The molecule has 2 aliphatic rings. The molecular formula is C25H43IN4O3. The second-order valence-corrected chi connectivity index (χ2v) is 8.91. The fraction of sp³-hybridized carbons (Fsp3) is 0.720. The molecule has 3 atom stereocenters. The van der Waals surface area contributed by atoms with Crippen molar-refractivity contribution in [3.8, 4) is 5.75 Å². The highest BCUT2D eigenvalue weighted by molar-refractivity contribution is 14.0. The highest BCUT2D eigenvalue weighted by Gasteiger charge is 2.30. The summed E-state index contributed by atoms with van der Waals surface area (Å²) in [5, 5.41) is 6.86. The summed E-state index contributed by atoms with van der Waals surface area (Å²) in [6.07, 6.45) is 4.52. The second-order valence-electron chi connectivity index (χ2n) is 8.91. The molecule has 1 aromatic rings. The van der Waals surface area contributed by atoms with E-state index in [1.54, 1.807) is 7.11 Å². The highest BCUT2D eigenvalue weighted by Crippen LogP contribution is 2.35. The third-order valence-electron chi connectivity index (χ3n) is 6.43. The standard InChI is InChI=1S/C25H42N4O3.HI/c1-4-26-25(27-13-6-15-31-18-20-12-16-32-19-20)28-17-22-7-5-14-29(2)24(22)21-8-10-23(30-3)11-9-21;/h8-11,20,22,24H,4-7,12-19H2,1-3H3,(H2,26,27,28);1H. The van der Waals surface area contributed by atoms with Gasteiger partial charge in [-0.25, -0.2) is 0 Å². The predicted octanol–water partition coefficient (Wildman–Crippen LogP) is 3.69. The summed E-state index contributed by atoms with van der Waals surface area (Å²) >= 11 is 0. The predicted molar refractivity (Wildman–Crippen MR) is 145 cm³/mol. The number of guanidine groups is 1. The molecule has 2 N–H and O–H groups in total. The smallest absolute Gasteiger partial charge is 0.191 e. The maximum Gasteiger partial charge on any atom is 0.191 e. The monoisotopic (exact) mass is 574 g/mol. The summed E-state index contributed by atoms with van der Waals surface area (Å²) in [6.45, 7) is 9.09. The van der Waals surface area contributed by atoms with Crippen LogP contribution in [0.5, 0.6) is 5.75 Å².